The van der Waals surface area contributed by atoms with Crippen LogP contribution >= 0.6 is 0 Å². The van der Waals surface area contributed by atoms with Gasteiger partial charge in [-0.15, -0.1) is 0 Å². The summed E-state index contributed by atoms with van der Waals surface area (Å²) in [4.78, 5) is 24.0. The summed E-state index contributed by atoms with van der Waals surface area (Å²) in [5.74, 6) is 0.757. The number of hydrogen-bond donors (Lipinski definition) is 2. The van der Waals surface area contributed by atoms with E-state index in [-0.39, 0.29) is 23.3 Å². The lowest BCUT2D eigenvalue weighted by atomic mass is 10.1. The molecule has 5 nitrogen and oxygen atoms in total. The lowest BCUT2D eigenvalue weighted by molar-refractivity contribution is -0.125. The van der Waals surface area contributed by atoms with Crippen LogP contribution in [0.1, 0.15) is 31.2 Å². The molecule has 0 radical (unpaired) electrons. The second kappa shape index (κ2) is 5.09. The number of hydrogen-bond acceptors (Lipinski definition) is 3. The minimum Gasteiger partial charge on any atom is -0.368 e. The standard InChI is InChI=1S/C17H20N2O3/c20-15(14-5-2-6-22-14)19-13-4-1-3-11(7-13)10-18-16(21)17-8-12(17)9-17/h1,3-4,7,12,14H,2,5-6,8-10H2,(H,18,21)(H,19,20). The minimum atomic E-state index is -0.330. The molecule has 1 saturated heterocycles. The van der Waals surface area contributed by atoms with Crippen molar-refractivity contribution < 1.29 is 14.3 Å². The van der Waals surface area contributed by atoms with E-state index in [1.165, 1.54) is 0 Å². The fourth-order valence-corrected chi connectivity index (χ4v) is 3.20. The van der Waals surface area contributed by atoms with Crippen molar-refractivity contribution in [2.45, 2.75) is 38.3 Å². The zero-order valence-corrected chi connectivity index (χ0v) is 12.4. The van der Waals surface area contributed by atoms with Gasteiger partial charge in [-0.05, 0) is 49.3 Å². The average molecular weight is 300 g/mol. The molecule has 0 bridgehead atoms. The van der Waals surface area contributed by atoms with E-state index in [1.54, 1.807) is 0 Å². The number of carbonyl (C=O) groups is 2. The number of nitrogens with one attached hydrogen (secondary N) is 2. The van der Waals surface area contributed by atoms with Crippen molar-refractivity contribution in [3.05, 3.63) is 29.8 Å². The van der Waals surface area contributed by atoms with Gasteiger partial charge in [0.1, 0.15) is 6.10 Å². The highest BCUT2D eigenvalue weighted by atomic mass is 16.5. The summed E-state index contributed by atoms with van der Waals surface area (Å²) in [7, 11) is 0. The van der Waals surface area contributed by atoms with Crippen LogP contribution in [0.25, 0.3) is 0 Å². The topological polar surface area (TPSA) is 67.4 Å². The summed E-state index contributed by atoms with van der Waals surface area (Å²) in [5.41, 5.74) is 1.75. The van der Waals surface area contributed by atoms with Crippen LogP contribution in [0, 0.1) is 11.3 Å². The Balaban J connectivity index is 1.33. The van der Waals surface area contributed by atoms with Gasteiger partial charge in [-0.2, -0.15) is 0 Å². The first-order valence-corrected chi connectivity index (χ1v) is 7.97. The number of anilines is 1. The summed E-state index contributed by atoms with van der Waals surface area (Å²) >= 11 is 0. The van der Waals surface area contributed by atoms with Gasteiger partial charge in [0.2, 0.25) is 5.91 Å². The van der Waals surface area contributed by atoms with Crippen molar-refractivity contribution in [2.24, 2.45) is 11.3 Å². The molecule has 116 valence electrons. The molecule has 0 spiro atoms. The van der Waals surface area contributed by atoms with Crippen LogP contribution in [-0.2, 0) is 20.9 Å². The van der Waals surface area contributed by atoms with Crippen LogP contribution in [0.4, 0.5) is 5.69 Å². The molecule has 1 heterocycles. The van der Waals surface area contributed by atoms with Crippen molar-refractivity contribution in [2.75, 3.05) is 11.9 Å². The van der Waals surface area contributed by atoms with Gasteiger partial charge in [-0.1, -0.05) is 12.1 Å². The normalized spacial score (nSPS) is 31.3. The van der Waals surface area contributed by atoms with E-state index >= 15 is 0 Å². The minimum absolute atomic E-state index is 0.00559. The largest absolute Gasteiger partial charge is 0.368 e. The maximum atomic E-state index is 12.0. The van der Waals surface area contributed by atoms with E-state index in [0.29, 0.717) is 19.1 Å². The van der Waals surface area contributed by atoms with E-state index in [1.807, 2.05) is 24.3 Å². The quantitative estimate of drug-likeness (QED) is 0.872. The Bertz CT molecular complexity index is 616. The maximum absolute atomic E-state index is 12.0. The third-order valence-electron chi connectivity index (χ3n) is 5.00. The van der Waals surface area contributed by atoms with Crippen LogP contribution < -0.4 is 10.6 Å². The van der Waals surface area contributed by atoms with Gasteiger partial charge in [0.15, 0.2) is 0 Å². The average Bonchev–Trinajstić information content (AvgIpc) is 3.30. The molecule has 22 heavy (non-hydrogen) atoms. The molecule has 2 aliphatic carbocycles. The smallest absolute Gasteiger partial charge is 0.253 e. The zero-order valence-electron chi connectivity index (χ0n) is 12.4. The molecule has 1 unspecified atom stereocenters. The van der Waals surface area contributed by atoms with Gasteiger partial charge in [0, 0.05) is 18.8 Å². The molecule has 3 aliphatic rings. The molecule has 2 N–H and O–H groups in total. The number of carbonyl (C=O) groups excluding carboxylic acids is 2. The number of amides is 2. The van der Waals surface area contributed by atoms with Crippen molar-refractivity contribution in [1.29, 1.82) is 0 Å². The highest BCUT2D eigenvalue weighted by molar-refractivity contribution is 5.94. The molecule has 1 aliphatic heterocycles. The van der Waals surface area contributed by atoms with Crippen LogP contribution in [0.5, 0.6) is 0 Å². The molecule has 1 aromatic rings. The predicted molar refractivity (Wildman–Crippen MR) is 81.0 cm³/mol. The Hall–Kier alpha value is -1.88. The van der Waals surface area contributed by atoms with Gasteiger partial charge >= 0.3 is 0 Å². The Labute approximate surface area is 129 Å². The lowest BCUT2D eigenvalue weighted by Gasteiger charge is -2.12. The number of fused-ring (bicyclic) bond motifs is 1. The number of benzene rings is 1. The van der Waals surface area contributed by atoms with Crippen molar-refractivity contribution in [3.63, 3.8) is 0 Å². The Morgan fingerprint density at radius 1 is 1.32 bits per heavy atom. The van der Waals surface area contributed by atoms with Gasteiger partial charge in [-0.25, -0.2) is 0 Å². The summed E-state index contributed by atoms with van der Waals surface area (Å²) in [6.07, 6.45) is 3.52. The molecule has 1 atom stereocenters. The monoisotopic (exact) mass is 300 g/mol. The second-order valence-corrected chi connectivity index (χ2v) is 6.64. The van der Waals surface area contributed by atoms with Crippen molar-refractivity contribution >= 4 is 17.5 Å². The van der Waals surface area contributed by atoms with Crippen LogP contribution in [0.3, 0.4) is 0 Å². The molecule has 1 aromatic carbocycles. The van der Waals surface area contributed by atoms with E-state index in [4.69, 9.17) is 4.74 Å². The molecule has 2 saturated carbocycles. The maximum Gasteiger partial charge on any atom is 0.253 e. The Morgan fingerprint density at radius 2 is 2.14 bits per heavy atom. The number of rotatable bonds is 5. The van der Waals surface area contributed by atoms with E-state index < -0.39 is 0 Å². The summed E-state index contributed by atoms with van der Waals surface area (Å²) in [6.45, 7) is 1.17. The van der Waals surface area contributed by atoms with Gasteiger partial charge in [-0.3, -0.25) is 9.59 Å². The van der Waals surface area contributed by atoms with Crippen LogP contribution in [0.15, 0.2) is 24.3 Å². The first-order chi connectivity index (χ1) is 10.7. The number of ether oxygens (including phenoxy) is 1. The van der Waals surface area contributed by atoms with Gasteiger partial charge < -0.3 is 15.4 Å². The van der Waals surface area contributed by atoms with Gasteiger partial charge in [0.05, 0.1) is 5.41 Å². The highest BCUT2D eigenvalue weighted by Gasteiger charge is 2.74. The predicted octanol–water partition coefficient (Wildman–Crippen LogP) is 1.83. The van der Waals surface area contributed by atoms with Crippen LogP contribution in [-0.4, -0.2) is 24.5 Å². The summed E-state index contributed by atoms with van der Waals surface area (Å²) in [5, 5.41) is 5.89. The van der Waals surface area contributed by atoms with E-state index in [9.17, 15) is 9.59 Å². The highest BCUT2D eigenvalue weighted by Crippen LogP contribution is 2.75. The van der Waals surface area contributed by atoms with E-state index in [2.05, 4.69) is 10.6 Å². The molecule has 2 amide bonds. The zero-order chi connectivity index (χ0) is 15.2. The third kappa shape index (κ3) is 2.50. The SMILES string of the molecule is O=C(Nc1cccc(CNC(=O)C23CC2C3)c1)C1CCCO1. The molecular weight excluding hydrogens is 280 g/mol. The van der Waals surface area contributed by atoms with Crippen molar-refractivity contribution in [3.8, 4) is 0 Å². The Kier molecular flexibility index (Phi) is 3.18. The molecule has 3 fully saturated rings. The van der Waals surface area contributed by atoms with Gasteiger partial charge in [0.25, 0.3) is 5.91 Å². The van der Waals surface area contributed by atoms with E-state index in [0.717, 1.165) is 36.9 Å². The first kappa shape index (κ1) is 13.8. The fourth-order valence-electron chi connectivity index (χ4n) is 3.20. The Morgan fingerprint density at radius 3 is 2.82 bits per heavy atom. The molecule has 0 aromatic heterocycles. The lowest BCUT2D eigenvalue weighted by Crippen LogP contribution is -2.28. The summed E-state index contributed by atoms with van der Waals surface area (Å²) < 4.78 is 5.38. The van der Waals surface area contributed by atoms with Crippen molar-refractivity contribution in [1.82, 2.24) is 5.32 Å². The molecular formula is C17H20N2O3. The summed E-state index contributed by atoms with van der Waals surface area (Å²) in [6, 6.07) is 7.61. The second-order valence-electron chi connectivity index (χ2n) is 6.64. The van der Waals surface area contributed by atoms with Crippen LogP contribution in [0.2, 0.25) is 0 Å². The molecule has 4 rings (SSSR count). The third-order valence-corrected chi connectivity index (χ3v) is 5.00. The first-order valence-electron chi connectivity index (χ1n) is 7.97. The fraction of sp³-hybridized carbons (Fsp3) is 0.529. The molecule has 5 heteroatoms.